The van der Waals surface area contributed by atoms with Gasteiger partial charge in [0.1, 0.15) is 18.3 Å². The van der Waals surface area contributed by atoms with Gasteiger partial charge in [-0.2, -0.15) is 5.26 Å². The summed E-state index contributed by atoms with van der Waals surface area (Å²) in [7, 11) is 0. The summed E-state index contributed by atoms with van der Waals surface area (Å²) in [4.78, 5) is 0. The normalized spacial score (nSPS) is 48.6. The minimum Gasteiger partial charge on any atom is -0.352 e. The molecule has 0 aromatic heterocycles. The average Bonchev–Trinajstić information content (AvgIpc) is 2.55. The molecule has 3 rings (SSSR count). The number of alkyl halides is 2. The Kier molecular flexibility index (Phi) is 5.53. The van der Waals surface area contributed by atoms with Crippen LogP contribution in [0, 0.1) is 40.9 Å². The molecule has 1 heterocycles. The Morgan fingerprint density at radius 2 is 1.43 bits per heavy atom. The second kappa shape index (κ2) is 7.44. The lowest BCUT2D eigenvalue weighted by Crippen LogP contribution is -2.45. The van der Waals surface area contributed by atoms with E-state index >= 15 is 0 Å². The van der Waals surface area contributed by atoms with E-state index in [-0.39, 0.29) is 18.8 Å². The van der Waals surface area contributed by atoms with Gasteiger partial charge < -0.3 is 9.47 Å². The molecule has 23 heavy (non-hydrogen) atoms. The van der Waals surface area contributed by atoms with E-state index in [4.69, 9.17) is 14.7 Å². The second-order valence-electron chi connectivity index (χ2n) is 7.73. The number of hydrogen-bond acceptors (Lipinski definition) is 3. The van der Waals surface area contributed by atoms with Crippen LogP contribution in [0.1, 0.15) is 45.4 Å². The molecule has 1 aliphatic heterocycles. The van der Waals surface area contributed by atoms with Crippen molar-refractivity contribution in [3.05, 3.63) is 0 Å². The van der Waals surface area contributed by atoms with Crippen molar-refractivity contribution in [1.29, 1.82) is 5.26 Å². The molecule has 0 amide bonds. The molecule has 2 saturated carbocycles. The largest absolute Gasteiger partial charge is 0.352 e. The summed E-state index contributed by atoms with van der Waals surface area (Å²) < 4.78 is 39.5. The molecule has 0 aromatic rings. The number of hydrogen-bond donors (Lipinski definition) is 0. The molecule has 2 atom stereocenters. The van der Waals surface area contributed by atoms with Crippen LogP contribution in [-0.2, 0) is 9.47 Å². The summed E-state index contributed by atoms with van der Waals surface area (Å²) in [6, 6.07) is 1.75. The van der Waals surface area contributed by atoms with Crippen molar-refractivity contribution in [3.63, 3.8) is 0 Å². The lowest BCUT2D eigenvalue weighted by atomic mass is 9.76. The summed E-state index contributed by atoms with van der Waals surface area (Å²) in [5.74, 6) is 0.479. The third kappa shape index (κ3) is 3.85. The summed E-state index contributed by atoms with van der Waals surface area (Å²) in [5.41, 5.74) is 0. The van der Waals surface area contributed by atoms with Crippen molar-refractivity contribution in [2.75, 3.05) is 13.2 Å². The minimum absolute atomic E-state index is 0.162. The monoisotopic (exact) mass is 327 g/mol. The van der Waals surface area contributed by atoms with Crippen molar-refractivity contribution in [1.82, 2.24) is 0 Å². The summed E-state index contributed by atoms with van der Waals surface area (Å²) in [6.45, 7) is 3.57. The Labute approximate surface area is 137 Å². The molecule has 2 aliphatic carbocycles. The van der Waals surface area contributed by atoms with Crippen LogP contribution in [0.25, 0.3) is 0 Å². The Bertz CT molecular complexity index is 413. The lowest BCUT2D eigenvalue weighted by Gasteiger charge is -2.41. The van der Waals surface area contributed by atoms with Crippen molar-refractivity contribution in [2.45, 2.75) is 64.1 Å². The minimum atomic E-state index is -1.42. The van der Waals surface area contributed by atoms with Crippen LogP contribution in [0.2, 0.25) is 0 Å². The Morgan fingerprint density at radius 1 is 0.870 bits per heavy atom. The van der Waals surface area contributed by atoms with E-state index in [9.17, 15) is 8.78 Å². The Morgan fingerprint density at radius 3 is 1.96 bits per heavy atom. The fourth-order valence-corrected chi connectivity index (χ4v) is 4.41. The van der Waals surface area contributed by atoms with Crippen LogP contribution in [0.15, 0.2) is 0 Å². The van der Waals surface area contributed by atoms with Crippen LogP contribution in [-0.4, -0.2) is 31.8 Å². The van der Waals surface area contributed by atoms with E-state index in [0.717, 1.165) is 5.92 Å². The molecule has 3 fully saturated rings. The third-order valence-corrected chi connectivity index (χ3v) is 6.05. The van der Waals surface area contributed by atoms with Crippen molar-refractivity contribution in [3.8, 4) is 6.07 Å². The van der Waals surface area contributed by atoms with Gasteiger partial charge in [-0.3, -0.25) is 0 Å². The molecular weight excluding hydrogens is 300 g/mol. The summed E-state index contributed by atoms with van der Waals surface area (Å²) in [5, 5.41) is 8.83. The van der Waals surface area contributed by atoms with Gasteiger partial charge in [0.05, 0.1) is 19.3 Å². The highest BCUT2D eigenvalue weighted by Gasteiger charge is 2.43. The molecule has 0 aromatic carbocycles. The van der Waals surface area contributed by atoms with Crippen molar-refractivity contribution >= 4 is 0 Å². The first-order valence-electron chi connectivity index (χ1n) is 8.99. The van der Waals surface area contributed by atoms with E-state index in [1.807, 2.05) is 0 Å². The molecule has 0 spiro atoms. The summed E-state index contributed by atoms with van der Waals surface area (Å²) >= 11 is 0. The van der Waals surface area contributed by atoms with Crippen LogP contribution in [0.5, 0.6) is 0 Å². The fourth-order valence-electron chi connectivity index (χ4n) is 4.41. The highest BCUT2D eigenvalue weighted by molar-refractivity contribution is 4.99. The number of nitrogens with zero attached hydrogens (tertiary/aromatic N) is 1. The van der Waals surface area contributed by atoms with E-state index in [1.165, 1.54) is 25.7 Å². The molecule has 5 heteroatoms. The van der Waals surface area contributed by atoms with Gasteiger partial charge in [0.15, 0.2) is 6.29 Å². The highest BCUT2D eigenvalue weighted by atomic mass is 19.1. The topological polar surface area (TPSA) is 42.2 Å². The van der Waals surface area contributed by atoms with E-state index in [1.54, 1.807) is 6.07 Å². The third-order valence-electron chi connectivity index (χ3n) is 6.05. The van der Waals surface area contributed by atoms with Crippen LogP contribution < -0.4 is 0 Å². The van der Waals surface area contributed by atoms with Crippen LogP contribution in [0.3, 0.4) is 0 Å². The maximum atomic E-state index is 13.9. The molecule has 0 radical (unpaired) electrons. The van der Waals surface area contributed by atoms with E-state index in [2.05, 4.69) is 6.92 Å². The van der Waals surface area contributed by atoms with Gasteiger partial charge in [-0.25, -0.2) is 8.78 Å². The van der Waals surface area contributed by atoms with Gasteiger partial charge in [-0.15, -0.1) is 0 Å². The van der Waals surface area contributed by atoms with Gasteiger partial charge >= 0.3 is 0 Å². The molecule has 0 bridgehead atoms. The quantitative estimate of drug-likeness (QED) is 0.769. The molecule has 0 N–H and O–H groups in total. The van der Waals surface area contributed by atoms with Gasteiger partial charge in [-0.05, 0) is 37.5 Å². The van der Waals surface area contributed by atoms with Crippen LogP contribution in [0.4, 0.5) is 8.78 Å². The number of halogens is 2. The number of rotatable bonds is 2. The molecular formula is C18H27F2NO2. The highest BCUT2D eigenvalue weighted by Crippen LogP contribution is 2.39. The standard InChI is InChI=1S/C18H27F2NO2/c1-11-2-4-12(5-3-11)14-9-22-18(23-10-14)13-6-16(19)15(8-21)17(20)7-13/h11-18H,2-7,9-10H2,1H3. The average molecular weight is 327 g/mol. The van der Waals surface area contributed by atoms with Gasteiger partial charge in [0, 0.05) is 11.8 Å². The second-order valence-corrected chi connectivity index (χ2v) is 7.73. The molecule has 3 nitrogen and oxygen atoms in total. The first-order valence-corrected chi connectivity index (χ1v) is 8.99. The van der Waals surface area contributed by atoms with E-state index in [0.29, 0.717) is 25.0 Å². The molecule has 1 saturated heterocycles. The van der Waals surface area contributed by atoms with Gasteiger partial charge in [0.25, 0.3) is 0 Å². The van der Waals surface area contributed by atoms with Gasteiger partial charge in [0.2, 0.25) is 0 Å². The number of nitriles is 1. The lowest BCUT2D eigenvalue weighted by molar-refractivity contribution is -0.241. The predicted molar refractivity (Wildman–Crippen MR) is 81.9 cm³/mol. The maximum absolute atomic E-state index is 13.9. The van der Waals surface area contributed by atoms with E-state index < -0.39 is 24.6 Å². The number of ether oxygens (including phenoxy) is 2. The van der Waals surface area contributed by atoms with Crippen LogP contribution >= 0.6 is 0 Å². The smallest absolute Gasteiger partial charge is 0.160 e. The molecule has 2 unspecified atom stereocenters. The Hall–Kier alpha value is -0.730. The molecule has 130 valence electrons. The van der Waals surface area contributed by atoms with Crippen molar-refractivity contribution in [2.24, 2.45) is 29.6 Å². The molecule has 3 aliphatic rings. The zero-order valence-corrected chi connectivity index (χ0v) is 13.8. The maximum Gasteiger partial charge on any atom is 0.160 e. The Balaban J connectivity index is 1.48. The predicted octanol–water partition coefficient (Wildman–Crippen LogP) is 4.03. The zero-order chi connectivity index (χ0) is 16.4. The van der Waals surface area contributed by atoms with Crippen molar-refractivity contribution < 1.29 is 18.3 Å². The SMILES string of the molecule is CC1CCC(C2COC(C3CC(F)C(C#N)C(F)C3)OC2)CC1. The first kappa shape index (κ1) is 17.1. The summed E-state index contributed by atoms with van der Waals surface area (Å²) in [6.07, 6.45) is 1.99. The zero-order valence-electron chi connectivity index (χ0n) is 13.8. The van der Waals surface area contributed by atoms with Gasteiger partial charge in [-0.1, -0.05) is 19.8 Å². The fraction of sp³-hybridized carbons (Fsp3) is 0.944. The first-order chi connectivity index (χ1) is 11.1.